The first-order chi connectivity index (χ1) is 13.6. The van der Waals surface area contributed by atoms with Gasteiger partial charge in [-0.15, -0.1) is 0 Å². The van der Waals surface area contributed by atoms with Gasteiger partial charge >= 0.3 is 0 Å². The van der Waals surface area contributed by atoms with E-state index in [4.69, 9.17) is 16.6 Å². The normalized spacial score (nSPS) is 11.2. The lowest BCUT2D eigenvalue weighted by atomic mass is 10.1. The van der Waals surface area contributed by atoms with Gasteiger partial charge < -0.3 is 0 Å². The van der Waals surface area contributed by atoms with Gasteiger partial charge in [-0.2, -0.15) is 5.10 Å². The highest BCUT2D eigenvalue weighted by Crippen LogP contribution is 2.24. The van der Waals surface area contributed by atoms with Crippen LogP contribution in [0.4, 0.5) is 0 Å². The number of fused-ring (bicyclic) bond motifs is 1. The fourth-order valence-electron chi connectivity index (χ4n) is 3.03. The van der Waals surface area contributed by atoms with Gasteiger partial charge in [0.2, 0.25) is 0 Å². The summed E-state index contributed by atoms with van der Waals surface area (Å²) in [5, 5.41) is 6.12. The predicted octanol–water partition coefficient (Wildman–Crippen LogP) is 4.55. The Kier molecular flexibility index (Phi) is 5.50. The number of benzene rings is 2. The first-order valence-electron chi connectivity index (χ1n) is 8.96. The van der Waals surface area contributed by atoms with E-state index in [1.54, 1.807) is 33.4 Å². The zero-order chi connectivity index (χ0) is 19.5. The molecule has 28 heavy (non-hydrogen) atoms. The fourth-order valence-corrected chi connectivity index (χ4v) is 4.29. The van der Waals surface area contributed by atoms with Crippen LogP contribution in [0.1, 0.15) is 11.1 Å². The molecule has 2 aromatic carbocycles. The van der Waals surface area contributed by atoms with Gasteiger partial charge in [0, 0.05) is 18.5 Å². The molecule has 0 N–H and O–H groups in total. The fraction of sp³-hybridized carbons (Fsp3) is 0.190. The van der Waals surface area contributed by atoms with Crippen LogP contribution in [0, 0.1) is 6.92 Å². The highest BCUT2D eigenvalue weighted by molar-refractivity contribution is 7.98. The van der Waals surface area contributed by atoms with Crippen LogP contribution in [0.2, 0.25) is 5.02 Å². The summed E-state index contributed by atoms with van der Waals surface area (Å²) in [6.45, 7) is 3.12. The van der Waals surface area contributed by atoms with Crippen LogP contribution in [0.15, 0.2) is 70.9 Å². The van der Waals surface area contributed by atoms with E-state index in [2.05, 4.69) is 24.2 Å². The molecule has 142 valence electrons. The smallest absolute Gasteiger partial charge is 0.262 e. The molecule has 0 saturated carbocycles. The van der Waals surface area contributed by atoms with Crippen LogP contribution in [-0.4, -0.2) is 19.3 Å². The Bertz CT molecular complexity index is 1180. The molecular formula is C21H19ClN4OS. The molecule has 4 rings (SSSR count). The summed E-state index contributed by atoms with van der Waals surface area (Å²) in [5.74, 6) is 0.755. The van der Waals surface area contributed by atoms with Crippen LogP contribution in [0.5, 0.6) is 0 Å². The van der Waals surface area contributed by atoms with Crippen LogP contribution in [0.25, 0.3) is 10.9 Å². The summed E-state index contributed by atoms with van der Waals surface area (Å²) in [4.78, 5) is 17.9. The average Bonchev–Trinajstić information content (AvgIpc) is 3.12. The molecule has 2 aromatic heterocycles. The standard InChI is InChI=1S/C21H19ClN4OS/c1-15-6-2-3-7-16(15)14-28-21-24-19-9-5-4-8-18(19)20(27)26(21)11-10-25-13-17(22)12-23-25/h2-9,12-13H,10-11,14H2,1H3. The number of halogens is 1. The van der Waals surface area contributed by atoms with Crippen molar-refractivity contribution in [1.82, 2.24) is 19.3 Å². The van der Waals surface area contributed by atoms with Gasteiger partial charge in [0.1, 0.15) is 0 Å². The second-order valence-corrected chi connectivity index (χ2v) is 7.88. The van der Waals surface area contributed by atoms with E-state index >= 15 is 0 Å². The average molecular weight is 411 g/mol. The quantitative estimate of drug-likeness (QED) is 0.345. The minimum atomic E-state index is -0.0314. The Morgan fingerprint density at radius 1 is 1.07 bits per heavy atom. The van der Waals surface area contributed by atoms with Crippen molar-refractivity contribution in [2.45, 2.75) is 30.9 Å². The molecule has 0 aliphatic heterocycles. The van der Waals surface area contributed by atoms with Crippen molar-refractivity contribution in [3.8, 4) is 0 Å². The monoisotopic (exact) mass is 410 g/mol. The number of hydrogen-bond acceptors (Lipinski definition) is 4. The van der Waals surface area contributed by atoms with Gasteiger partial charge in [-0.25, -0.2) is 4.98 Å². The first kappa shape index (κ1) is 18.8. The van der Waals surface area contributed by atoms with Gasteiger partial charge in [0.25, 0.3) is 5.56 Å². The summed E-state index contributed by atoms with van der Waals surface area (Å²) in [7, 11) is 0. The van der Waals surface area contributed by atoms with Crippen molar-refractivity contribution in [3.63, 3.8) is 0 Å². The van der Waals surface area contributed by atoms with Crippen LogP contribution in [0.3, 0.4) is 0 Å². The number of aryl methyl sites for hydroxylation is 2. The van der Waals surface area contributed by atoms with E-state index in [1.165, 1.54) is 11.1 Å². The summed E-state index contributed by atoms with van der Waals surface area (Å²) >= 11 is 7.53. The number of nitrogens with zero attached hydrogens (tertiary/aromatic N) is 4. The molecule has 0 aliphatic rings. The van der Waals surface area contributed by atoms with Gasteiger partial charge in [0.15, 0.2) is 5.16 Å². The minimum Gasteiger partial charge on any atom is -0.285 e. The van der Waals surface area contributed by atoms with Crippen LogP contribution in [-0.2, 0) is 18.8 Å². The highest BCUT2D eigenvalue weighted by atomic mass is 35.5. The van der Waals surface area contributed by atoms with Crippen molar-refractivity contribution < 1.29 is 0 Å². The third kappa shape index (κ3) is 3.98. The SMILES string of the molecule is Cc1ccccc1CSc1nc2ccccc2c(=O)n1CCn1cc(Cl)cn1. The molecular weight excluding hydrogens is 392 g/mol. The lowest BCUT2D eigenvalue weighted by Crippen LogP contribution is -2.25. The maximum absolute atomic E-state index is 13.1. The van der Waals surface area contributed by atoms with Crippen molar-refractivity contribution in [3.05, 3.63) is 87.4 Å². The zero-order valence-corrected chi connectivity index (χ0v) is 17.0. The van der Waals surface area contributed by atoms with Gasteiger partial charge in [-0.05, 0) is 30.2 Å². The number of rotatable bonds is 6. The Morgan fingerprint density at radius 3 is 2.64 bits per heavy atom. The highest BCUT2D eigenvalue weighted by Gasteiger charge is 2.12. The Labute approximate surface area is 172 Å². The third-order valence-electron chi connectivity index (χ3n) is 4.60. The van der Waals surface area contributed by atoms with Crippen molar-refractivity contribution in [2.24, 2.45) is 0 Å². The molecule has 5 nitrogen and oxygen atoms in total. The predicted molar refractivity (Wildman–Crippen MR) is 114 cm³/mol. The summed E-state index contributed by atoms with van der Waals surface area (Å²) < 4.78 is 3.47. The molecule has 0 spiro atoms. The molecule has 4 aromatic rings. The van der Waals surface area contributed by atoms with Crippen molar-refractivity contribution in [1.29, 1.82) is 0 Å². The van der Waals surface area contributed by atoms with Crippen LogP contribution >= 0.6 is 23.4 Å². The molecule has 0 fully saturated rings. The molecule has 0 amide bonds. The van der Waals surface area contributed by atoms with E-state index in [-0.39, 0.29) is 5.56 Å². The van der Waals surface area contributed by atoms with Gasteiger partial charge in [-0.1, -0.05) is 59.8 Å². The van der Waals surface area contributed by atoms with Gasteiger partial charge in [-0.3, -0.25) is 14.0 Å². The largest absolute Gasteiger partial charge is 0.285 e. The topological polar surface area (TPSA) is 52.7 Å². The van der Waals surface area contributed by atoms with Crippen LogP contribution < -0.4 is 5.56 Å². The summed E-state index contributed by atoms with van der Waals surface area (Å²) in [5.41, 5.74) is 3.16. The minimum absolute atomic E-state index is 0.0314. The Hall–Kier alpha value is -2.57. The maximum Gasteiger partial charge on any atom is 0.262 e. The van der Waals surface area contributed by atoms with Crippen molar-refractivity contribution in [2.75, 3.05) is 0 Å². The molecule has 0 unspecified atom stereocenters. The van der Waals surface area contributed by atoms with E-state index < -0.39 is 0 Å². The maximum atomic E-state index is 13.1. The molecule has 0 atom stereocenters. The molecule has 0 bridgehead atoms. The third-order valence-corrected chi connectivity index (χ3v) is 5.82. The van der Waals surface area contributed by atoms with E-state index in [9.17, 15) is 4.79 Å². The Morgan fingerprint density at radius 2 is 1.86 bits per heavy atom. The lowest BCUT2D eigenvalue weighted by molar-refractivity contribution is 0.492. The zero-order valence-electron chi connectivity index (χ0n) is 15.4. The number of para-hydroxylation sites is 1. The van der Waals surface area contributed by atoms with E-state index in [0.29, 0.717) is 28.7 Å². The second kappa shape index (κ2) is 8.20. The van der Waals surface area contributed by atoms with Gasteiger partial charge in [0.05, 0.1) is 28.7 Å². The van der Waals surface area contributed by atoms with E-state index in [1.807, 2.05) is 36.4 Å². The number of aromatic nitrogens is 4. The Balaban J connectivity index is 1.68. The summed E-state index contributed by atoms with van der Waals surface area (Å²) in [6.07, 6.45) is 3.35. The molecule has 2 heterocycles. The molecule has 0 radical (unpaired) electrons. The molecule has 0 aliphatic carbocycles. The first-order valence-corrected chi connectivity index (χ1v) is 10.3. The second-order valence-electron chi connectivity index (χ2n) is 6.51. The van der Waals surface area contributed by atoms with Crippen molar-refractivity contribution >= 4 is 34.3 Å². The number of hydrogen-bond donors (Lipinski definition) is 0. The molecule has 0 saturated heterocycles. The molecule has 7 heteroatoms. The lowest BCUT2D eigenvalue weighted by Gasteiger charge is -2.14. The van der Waals surface area contributed by atoms with E-state index in [0.717, 1.165) is 11.3 Å². The summed E-state index contributed by atoms with van der Waals surface area (Å²) in [6, 6.07) is 15.7. The number of thioether (sulfide) groups is 1.